The highest BCUT2D eigenvalue weighted by molar-refractivity contribution is 6.31. The van der Waals surface area contributed by atoms with E-state index in [0.29, 0.717) is 0 Å². The third-order valence-electron chi connectivity index (χ3n) is 3.52. The zero-order valence-corrected chi connectivity index (χ0v) is 13.9. The number of ether oxygens (including phenoxy) is 1. The molecule has 0 aliphatic heterocycles. The van der Waals surface area contributed by atoms with Crippen LogP contribution in [0.1, 0.15) is 11.3 Å². The second-order valence-corrected chi connectivity index (χ2v) is 5.75. The summed E-state index contributed by atoms with van der Waals surface area (Å²) in [5.74, 6) is -2.78. The molecule has 134 valence electrons. The largest absolute Gasteiger partial charge is 0.459 e. The minimum absolute atomic E-state index is 0.0228. The molecule has 3 aromatic rings. The molecule has 0 radical (unpaired) electrons. The first-order valence-electron chi connectivity index (χ1n) is 7.43. The van der Waals surface area contributed by atoms with Crippen LogP contribution in [0.3, 0.4) is 0 Å². The number of hydrogen-bond acceptors (Lipinski definition) is 4. The summed E-state index contributed by atoms with van der Waals surface area (Å²) < 4.78 is 50.3. The molecule has 0 amide bonds. The van der Waals surface area contributed by atoms with Gasteiger partial charge >= 0.3 is 5.97 Å². The standard InChI is InChI=1S/C18H11ClF3NO3/c19-14-2-1-3-15(21)13(14)8-18(24)25-9-11-7-17(26-23-11)12-5-4-10(20)6-16(12)22/h1-7H,8-9H2. The van der Waals surface area contributed by atoms with Crippen molar-refractivity contribution in [1.82, 2.24) is 5.16 Å². The smallest absolute Gasteiger partial charge is 0.310 e. The normalized spacial score (nSPS) is 10.8. The first kappa shape index (κ1) is 18.0. The third-order valence-corrected chi connectivity index (χ3v) is 3.87. The molecule has 0 saturated heterocycles. The van der Waals surface area contributed by atoms with E-state index in [0.717, 1.165) is 12.1 Å². The summed E-state index contributed by atoms with van der Waals surface area (Å²) in [6.07, 6.45) is -0.344. The van der Waals surface area contributed by atoms with Gasteiger partial charge < -0.3 is 9.26 Å². The predicted molar refractivity (Wildman–Crippen MR) is 86.8 cm³/mol. The molecule has 2 aromatic carbocycles. The maximum Gasteiger partial charge on any atom is 0.310 e. The predicted octanol–water partition coefficient (Wildman–Crippen LogP) is 4.70. The van der Waals surface area contributed by atoms with Gasteiger partial charge in [-0.05, 0) is 24.3 Å². The number of benzene rings is 2. The minimum atomic E-state index is -0.807. The SMILES string of the molecule is O=C(Cc1c(F)cccc1Cl)OCc1cc(-c2ccc(F)cc2F)on1. The van der Waals surface area contributed by atoms with E-state index < -0.39 is 23.4 Å². The molecule has 0 aliphatic rings. The Balaban J connectivity index is 1.64. The maximum atomic E-state index is 13.7. The molecule has 8 heteroatoms. The summed E-state index contributed by atoms with van der Waals surface area (Å²) in [4.78, 5) is 11.9. The summed E-state index contributed by atoms with van der Waals surface area (Å²) in [7, 11) is 0. The van der Waals surface area contributed by atoms with Crippen molar-refractivity contribution in [2.75, 3.05) is 0 Å². The zero-order valence-electron chi connectivity index (χ0n) is 13.1. The van der Waals surface area contributed by atoms with Crippen LogP contribution in [0.2, 0.25) is 5.02 Å². The summed E-state index contributed by atoms with van der Waals surface area (Å²) in [5, 5.41) is 3.78. The van der Waals surface area contributed by atoms with Gasteiger partial charge in [-0.25, -0.2) is 13.2 Å². The Labute approximate surface area is 151 Å². The number of rotatable bonds is 5. The van der Waals surface area contributed by atoms with E-state index >= 15 is 0 Å². The third kappa shape index (κ3) is 4.05. The lowest BCUT2D eigenvalue weighted by molar-refractivity contribution is -0.144. The fourth-order valence-corrected chi connectivity index (χ4v) is 2.48. The van der Waals surface area contributed by atoms with Crippen molar-refractivity contribution < 1.29 is 27.2 Å². The number of carbonyl (C=O) groups excluding carboxylic acids is 1. The van der Waals surface area contributed by atoms with Gasteiger partial charge in [0.2, 0.25) is 0 Å². The Kier molecular flexibility index (Phi) is 5.27. The quantitative estimate of drug-likeness (QED) is 0.601. The average molecular weight is 382 g/mol. The fraction of sp³-hybridized carbons (Fsp3) is 0.111. The number of carbonyl (C=O) groups is 1. The highest BCUT2D eigenvalue weighted by Gasteiger charge is 2.16. The van der Waals surface area contributed by atoms with Crippen molar-refractivity contribution in [1.29, 1.82) is 0 Å². The molecule has 0 saturated carbocycles. The Morgan fingerprint density at radius 3 is 2.65 bits per heavy atom. The van der Waals surface area contributed by atoms with Crippen LogP contribution < -0.4 is 0 Å². The zero-order chi connectivity index (χ0) is 18.7. The van der Waals surface area contributed by atoms with E-state index in [1.807, 2.05) is 0 Å². The number of halogens is 4. The van der Waals surface area contributed by atoms with E-state index in [1.165, 1.54) is 30.3 Å². The molecule has 0 aliphatic carbocycles. The van der Waals surface area contributed by atoms with E-state index in [-0.39, 0.29) is 40.6 Å². The average Bonchev–Trinajstić information content (AvgIpc) is 3.05. The molecular formula is C18H11ClF3NO3. The van der Waals surface area contributed by atoms with Crippen molar-refractivity contribution >= 4 is 17.6 Å². The molecule has 0 fully saturated rings. The molecule has 0 spiro atoms. The van der Waals surface area contributed by atoms with Gasteiger partial charge in [-0.2, -0.15) is 0 Å². The topological polar surface area (TPSA) is 52.3 Å². The molecule has 26 heavy (non-hydrogen) atoms. The van der Waals surface area contributed by atoms with Gasteiger partial charge in [0.25, 0.3) is 0 Å². The van der Waals surface area contributed by atoms with Crippen molar-refractivity contribution in [2.24, 2.45) is 0 Å². The summed E-state index contributed by atoms with van der Waals surface area (Å²) >= 11 is 5.85. The first-order valence-corrected chi connectivity index (χ1v) is 7.81. The highest BCUT2D eigenvalue weighted by Crippen LogP contribution is 2.25. The molecule has 0 unspecified atom stereocenters. The Hall–Kier alpha value is -2.80. The van der Waals surface area contributed by atoms with Crippen LogP contribution in [0.25, 0.3) is 11.3 Å². The number of hydrogen-bond donors (Lipinski definition) is 0. The van der Waals surface area contributed by atoms with E-state index in [4.69, 9.17) is 20.9 Å². The Bertz CT molecular complexity index is 938. The second-order valence-electron chi connectivity index (χ2n) is 5.34. The molecular weight excluding hydrogens is 371 g/mol. The maximum absolute atomic E-state index is 13.7. The number of esters is 1. The van der Waals surface area contributed by atoms with Crippen molar-refractivity contribution in [3.63, 3.8) is 0 Å². The number of aromatic nitrogens is 1. The van der Waals surface area contributed by atoms with Gasteiger partial charge in [-0.1, -0.05) is 22.8 Å². The molecule has 0 bridgehead atoms. The number of nitrogens with zero attached hydrogens (tertiary/aromatic N) is 1. The molecule has 4 nitrogen and oxygen atoms in total. The van der Waals surface area contributed by atoms with E-state index in [1.54, 1.807) is 0 Å². The monoisotopic (exact) mass is 381 g/mol. The minimum Gasteiger partial charge on any atom is -0.459 e. The van der Waals surface area contributed by atoms with Crippen molar-refractivity contribution in [2.45, 2.75) is 13.0 Å². The second kappa shape index (κ2) is 7.61. The fourth-order valence-electron chi connectivity index (χ4n) is 2.25. The van der Waals surface area contributed by atoms with Crippen LogP contribution in [0.5, 0.6) is 0 Å². The molecule has 1 heterocycles. The van der Waals surface area contributed by atoms with Gasteiger partial charge in [-0.3, -0.25) is 4.79 Å². The van der Waals surface area contributed by atoms with Crippen molar-refractivity contribution in [3.05, 3.63) is 76.2 Å². The van der Waals surface area contributed by atoms with Gasteiger partial charge in [0.15, 0.2) is 5.76 Å². The summed E-state index contributed by atoms with van der Waals surface area (Å²) in [6, 6.07) is 8.46. The lowest BCUT2D eigenvalue weighted by Crippen LogP contribution is -2.09. The van der Waals surface area contributed by atoms with Crippen LogP contribution in [-0.2, 0) is 22.6 Å². The van der Waals surface area contributed by atoms with Crippen LogP contribution in [0.4, 0.5) is 13.2 Å². The summed E-state index contributed by atoms with van der Waals surface area (Å²) in [5.41, 5.74) is 0.278. The van der Waals surface area contributed by atoms with Crippen LogP contribution in [0, 0.1) is 17.5 Å². The van der Waals surface area contributed by atoms with E-state index in [2.05, 4.69) is 5.16 Å². The van der Waals surface area contributed by atoms with Gasteiger partial charge in [0.1, 0.15) is 29.8 Å². The van der Waals surface area contributed by atoms with Crippen LogP contribution in [-0.4, -0.2) is 11.1 Å². The van der Waals surface area contributed by atoms with Gasteiger partial charge in [0.05, 0.1) is 12.0 Å². The van der Waals surface area contributed by atoms with Crippen LogP contribution >= 0.6 is 11.6 Å². The lowest BCUT2D eigenvalue weighted by Gasteiger charge is -2.05. The van der Waals surface area contributed by atoms with Crippen molar-refractivity contribution in [3.8, 4) is 11.3 Å². The first-order chi connectivity index (χ1) is 12.4. The van der Waals surface area contributed by atoms with Gasteiger partial charge in [0, 0.05) is 22.7 Å². The molecule has 1 aromatic heterocycles. The molecule has 0 atom stereocenters. The Morgan fingerprint density at radius 2 is 1.92 bits per heavy atom. The Morgan fingerprint density at radius 1 is 1.12 bits per heavy atom. The lowest BCUT2D eigenvalue weighted by atomic mass is 10.1. The van der Waals surface area contributed by atoms with Gasteiger partial charge in [-0.15, -0.1) is 0 Å². The van der Waals surface area contributed by atoms with E-state index in [9.17, 15) is 18.0 Å². The highest BCUT2D eigenvalue weighted by atomic mass is 35.5. The summed E-state index contributed by atoms with van der Waals surface area (Å²) in [6.45, 7) is -0.253. The molecule has 0 N–H and O–H groups in total. The van der Waals surface area contributed by atoms with Crippen LogP contribution in [0.15, 0.2) is 47.0 Å². The molecule has 3 rings (SSSR count).